The van der Waals surface area contributed by atoms with Crippen molar-refractivity contribution < 1.29 is 10.0 Å². The number of nitro groups is 1. The van der Waals surface area contributed by atoms with E-state index in [1.165, 1.54) is 16.8 Å². The molecule has 1 aliphatic rings. The number of benzene rings is 3. The molecule has 9 heteroatoms. The van der Waals surface area contributed by atoms with Gasteiger partial charge in [-0.25, -0.2) is 0 Å². The van der Waals surface area contributed by atoms with Crippen LogP contribution >= 0.6 is 0 Å². The van der Waals surface area contributed by atoms with Gasteiger partial charge in [-0.1, -0.05) is 30.3 Å². The molecule has 37 heavy (non-hydrogen) atoms. The van der Waals surface area contributed by atoms with E-state index in [1.54, 1.807) is 12.1 Å². The Morgan fingerprint density at radius 2 is 1.65 bits per heavy atom. The smallest absolute Gasteiger partial charge is 0.279 e. The van der Waals surface area contributed by atoms with Crippen LogP contribution in [0.25, 0.3) is 27.7 Å². The number of piperazine rings is 1. The first kappa shape index (κ1) is 24.6. The lowest BCUT2D eigenvalue weighted by Gasteiger charge is -2.36. The topological polar surface area (TPSA) is 105 Å². The molecule has 0 saturated carbocycles. The number of nitrogens with zero attached hydrogens (tertiary/aromatic N) is 5. The van der Waals surface area contributed by atoms with E-state index >= 15 is 0 Å². The first-order valence-corrected chi connectivity index (χ1v) is 12.3. The maximum Gasteiger partial charge on any atom is 0.279 e. The molecule has 1 aromatic heterocycles. The quantitative estimate of drug-likeness (QED) is 0.319. The van der Waals surface area contributed by atoms with Crippen LogP contribution in [0.5, 0.6) is 0 Å². The van der Waals surface area contributed by atoms with E-state index in [4.69, 9.17) is 5.10 Å². The van der Waals surface area contributed by atoms with Gasteiger partial charge in [0.1, 0.15) is 0 Å². The van der Waals surface area contributed by atoms with Crippen molar-refractivity contribution in [3.05, 3.63) is 92.3 Å². The van der Waals surface area contributed by atoms with Crippen molar-refractivity contribution in [3.8, 4) is 16.9 Å². The fourth-order valence-electron chi connectivity index (χ4n) is 4.87. The van der Waals surface area contributed by atoms with Crippen molar-refractivity contribution in [2.45, 2.75) is 13.8 Å². The molecule has 1 fully saturated rings. The molecule has 1 N–H and O–H groups in total. The molecule has 2 heterocycles. The Labute approximate surface area is 214 Å². The van der Waals surface area contributed by atoms with Gasteiger partial charge in [-0.3, -0.25) is 19.8 Å². The molecule has 190 valence electrons. The summed E-state index contributed by atoms with van der Waals surface area (Å²) in [5.41, 5.74) is 4.44. The third-order valence-electron chi connectivity index (χ3n) is 7.11. The van der Waals surface area contributed by atoms with E-state index in [1.807, 2.05) is 50.2 Å². The number of rotatable bonds is 6. The summed E-state index contributed by atoms with van der Waals surface area (Å²) in [6.07, 6.45) is 0. The lowest BCUT2D eigenvalue weighted by atomic mass is 10.0. The minimum atomic E-state index is -0.456. The van der Waals surface area contributed by atoms with Crippen molar-refractivity contribution in [3.63, 3.8) is 0 Å². The van der Waals surface area contributed by atoms with Crippen LogP contribution < -0.4 is 10.5 Å². The number of anilines is 1. The Morgan fingerprint density at radius 3 is 2.32 bits per heavy atom. The molecule has 0 unspecified atom stereocenters. The van der Waals surface area contributed by atoms with Gasteiger partial charge in [-0.05, 0) is 43.2 Å². The normalized spacial score (nSPS) is 14.3. The van der Waals surface area contributed by atoms with E-state index in [0.717, 1.165) is 35.2 Å². The van der Waals surface area contributed by atoms with Crippen LogP contribution in [0.1, 0.15) is 11.1 Å². The SMILES string of the molecule is Cc1ccc(-c2nn(-c3cc([N+](=O)[O-])ccc3N3CCN(CCO)CC3)c(=O)c3ccccc23)cc1C. The molecule has 9 nitrogen and oxygen atoms in total. The lowest BCUT2D eigenvalue weighted by Crippen LogP contribution is -2.47. The van der Waals surface area contributed by atoms with E-state index in [9.17, 15) is 20.0 Å². The summed E-state index contributed by atoms with van der Waals surface area (Å²) in [5, 5.41) is 27.0. The van der Waals surface area contributed by atoms with Crippen LogP contribution in [-0.2, 0) is 0 Å². The van der Waals surface area contributed by atoms with Crippen molar-refractivity contribution in [2.24, 2.45) is 0 Å². The Morgan fingerprint density at radius 1 is 0.919 bits per heavy atom. The third-order valence-corrected chi connectivity index (χ3v) is 7.11. The predicted molar refractivity (Wildman–Crippen MR) is 145 cm³/mol. The van der Waals surface area contributed by atoms with Gasteiger partial charge in [-0.15, -0.1) is 0 Å². The lowest BCUT2D eigenvalue weighted by molar-refractivity contribution is -0.384. The molecular formula is C28H29N5O4. The number of β-amino-alcohol motifs (C(OH)–C–C–N with tert-alkyl or cyclic N) is 1. The standard InChI is InChI=1S/C28H29N5O4/c1-19-7-8-21(17-20(19)2)27-23-5-3-4-6-24(23)28(35)32(29-27)26-18-22(33(36)37)9-10-25(26)31-13-11-30(12-14-31)15-16-34/h3-10,17-18,34H,11-16H2,1-2H3. The summed E-state index contributed by atoms with van der Waals surface area (Å²) in [5.74, 6) is 0. The molecule has 0 bridgehead atoms. The summed E-state index contributed by atoms with van der Waals surface area (Å²) in [7, 11) is 0. The molecule has 1 aliphatic heterocycles. The van der Waals surface area contributed by atoms with Crippen LogP contribution in [0.2, 0.25) is 0 Å². The highest BCUT2D eigenvalue weighted by molar-refractivity contribution is 5.94. The summed E-state index contributed by atoms with van der Waals surface area (Å²) in [4.78, 5) is 29.3. The number of hydrogen-bond donors (Lipinski definition) is 1. The number of aromatic nitrogens is 2. The molecule has 0 atom stereocenters. The highest BCUT2D eigenvalue weighted by atomic mass is 16.6. The van der Waals surface area contributed by atoms with Crippen LogP contribution in [0.4, 0.5) is 11.4 Å². The maximum absolute atomic E-state index is 13.8. The van der Waals surface area contributed by atoms with Crippen LogP contribution in [0.3, 0.4) is 0 Å². The molecular weight excluding hydrogens is 470 g/mol. The summed E-state index contributed by atoms with van der Waals surface area (Å²) >= 11 is 0. The zero-order chi connectivity index (χ0) is 26.1. The first-order valence-electron chi connectivity index (χ1n) is 12.3. The van der Waals surface area contributed by atoms with E-state index in [2.05, 4.69) is 9.80 Å². The third kappa shape index (κ3) is 4.71. The minimum Gasteiger partial charge on any atom is -0.395 e. The zero-order valence-electron chi connectivity index (χ0n) is 20.9. The molecule has 0 aliphatic carbocycles. The second kappa shape index (κ2) is 10.1. The van der Waals surface area contributed by atoms with Gasteiger partial charge >= 0.3 is 0 Å². The second-order valence-corrected chi connectivity index (χ2v) is 9.39. The van der Waals surface area contributed by atoms with Gasteiger partial charge in [0.05, 0.1) is 34.0 Å². The number of aliphatic hydroxyl groups excluding tert-OH is 1. The van der Waals surface area contributed by atoms with E-state index in [-0.39, 0.29) is 17.9 Å². The number of aliphatic hydroxyl groups is 1. The highest BCUT2D eigenvalue weighted by Crippen LogP contribution is 2.31. The molecule has 0 amide bonds. The van der Waals surface area contributed by atoms with Gasteiger partial charge in [0.15, 0.2) is 0 Å². The van der Waals surface area contributed by atoms with Crippen LogP contribution in [-0.4, -0.2) is 64.0 Å². The number of nitro benzene ring substituents is 1. The molecule has 1 saturated heterocycles. The molecule has 3 aromatic carbocycles. The molecule has 0 spiro atoms. The van der Waals surface area contributed by atoms with E-state index in [0.29, 0.717) is 42.1 Å². The van der Waals surface area contributed by atoms with Crippen molar-refractivity contribution in [1.82, 2.24) is 14.7 Å². The van der Waals surface area contributed by atoms with Gasteiger partial charge < -0.3 is 10.0 Å². The summed E-state index contributed by atoms with van der Waals surface area (Å²) < 4.78 is 1.31. The van der Waals surface area contributed by atoms with Gasteiger partial charge in [0.2, 0.25) is 0 Å². The average molecular weight is 500 g/mol. The number of aryl methyl sites for hydroxylation is 2. The van der Waals surface area contributed by atoms with Gasteiger partial charge in [0, 0.05) is 55.8 Å². The maximum atomic E-state index is 13.8. The van der Waals surface area contributed by atoms with Crippen molar-refractivity contribution >= 4 is 22.1 Å². The fraction of sp³-hybridized carbons (Fsp3) is 0.286. The summed E-state index contributed by atoms with van der Waals surface area (Å²) in [6.45, 7) is 7.59. The molecule has 4 aromatic rings. The predicted octanol–water partition coefficient (Wildman–Crippen LogP) is 3.69. The molecule has 0 radical (unpaired) electrons. The first-order chi connectivity index (χ1) is 17.9. The zero-order valence-corrected chi connectivity index (χ0v) is 20.9. The van der Waals surface area contributed by atoms with Gasteiger partial charge in [-0.2, -0.15) is 9.78 Å². The Bertz CT molecular complexity index is 1540. The van der Waals surface area contributed by atoms with Gasteiger partial charge in [0.25, 0.3) is 11.2 Å². The fourth-order valence-corrected chi connectivity index (χ4v) is 4.87. The van der Waals surface area contributed by atoms with E-state index < -0.39 is 4.92 Å². The number of non-ortho nitro benzene ring substituents is 1. The Kier molecular flexibility index (Phi) is 6.73. The summed E-state index contributed by atoms with van der Waals surface area (Å²) in [6, 6.07) is 18.0. The highest BCUT2D eigenvalue weighted by Gasteiger charge is 2.24. The monoisotopic (exact) mass is 499 g/mol. The number of hydrogen-bond acceptors (Lipinski definition) is 7. The number of fused-ring (bicyclic) bond motifs is 1. The van der Waals surface area contributed by atoms with Crippen LogP contribution in [0, 0.1) is 24.0 Å². The minimum absolute atomic E-state index is 0.0977. The Balaban J connectivity index is 1.72. The largest absolute Gasteiger partial charge is 0.395 e. The van der Waals surface area contributed by atoms with Crippen molar-refractivity contribution in [2.75, 3.05) is 44.2 Å². The van der Waals surface area contributed by atoms with Crippen molar-refractivity contribution in [1.29, 1.82) is 0 Å². The molecule has 5 rings (SSSR count). The van der Waals surface area contributed by atoms with Crippen LogP contribution in [0.15, 0.2) is 65.5 Å². The second-order valence-electron chi connectivity index (χ2n) is 9.39. The Hall–Kier alpha value is -4.08. The average Bonchev–Trinajstić information content (AvgIpc) is 2.91.